The van der Waals surface area contributed by atoms with Gasteiger partial charge in [0, 0.05) is 0 Å². The van der Waals surface area contributed by atoms with Crippen molar-refractivity contribution < 1.29 is 0 Å². The molecule has 0 unspecified atom stereocenters. The highest BCUT2D eigenvalue weighted by Crippen LogP contribution is 2.14. The molecule has 0 aliphatic rings. The molecule has 0 aliphatic carbocycles. The smallest absolute Gasteiger partial charge is 0.00490 e. The Morgan fingerprint density at radius 3 is 1.00 bits per heavy atom. The molecule has 1 N–H and O–H groups in total. The molecule has 0 saturated carbocycles. The van der Waals surface area contributed by atoms with E-state index in [0.29, 0.717) is 0 Å². The normalized spacial score (nSPS) is 11.2. The molecule has 0 radical (unpaired) electrons. The molecule has 0 aromatic heterocycles. The van der Waals surface area contributed by atoms with Gasteiger partial charge in [-0.2, -0.15) is 0 Å². The monoisotopic (exact) mass is 325 g/mol. The molecule has 0 aromatic carbocycles. The summed E-state index contributed by atoms with van der Waals surface area (Å²) in [4.78, 5) is 0. The summed E-state index contributed by atoms with van der Waals surface area (Å²) in [5.41, 5.74) is 0. The van der Waals surface area contributed by atoms with Gasteiger partial charge in [-0.1, -0.05) is 123 Å². The molecule has 0 spiro atoms. The predicted molar refractivity (Wildman–Crippen MR) is 107 cm³/mol. The van der Waals surface area contributed by atoms with E-state index in [0.717, 1.165) is 6.54 Å². The fourth-order valence-electron chi connectivity index (χ4n) is 3.33. The van der Waals surface area contributed by atoms with Gasteiger partial charge in [-0.3, -0.25) is 0 Å². The topological polar surface area (TPSA) is 12.0 Å². The Kier molecular flexibility index (Phi) is 21.9. The molecule has 0 atom stereocenters. The third-order valence-electron chi connectivity index (χ3n) is 4.96. The third kappa shape index (κ3) is 22.0. The van der Waals surface area contributed by atoms with Crippen molar-refractivity contribution in [3.05, 3.63) is 0 Å². The van der Waals surface area contributed by atoms with Crippen LogP contribution < -0.4 is 5.32 Å². The molecule has 1 heteroatoms. The zero-order chi connectivity index (χ0) is 16.8. The highest BCUT2D eigenvalue weighted by molar-refractivity contribution is 4.51. The molecule has 0 aliphatic heterocycles. The van der Waals surface area contributed by atoms with Crippen LogP contribution in [0.15, 0.2) is 0 Å². The first-order valence-electron chi connectivity index (χ1n) is 11.1. The lowest BCUT2D eigenvalue weighted by Gasteiger charge is -2.04. The summed E-state index contributed by atoms with van der Waals surface area (Å²) in [5.74, 6) is 0. The molecule has 140 valence electrons. The summed E-state index contributed by atoms with van der Waals surface area (Å²) < 4.78 is 0. The van der Waals surface area contributed by atoms with Crippen molar-refractivity contribution in [3.8, 4) is 0 Å². The van der Waals surface area contributed by atoms with Crippen LogP contribution >= 0.6 is 0 Å². The molecule has 0 fully saturated rings. The molecule has 0 bridgehead atoms. The molecular weight excluding hydrogens is 278 g/mol. The van der Waals surface area contributed by atoms with E-state index in [9.17, 15) is 0 Å². The average molecular weight is 326 g/mol. The van der Waals surface area contributed by atoms with Crippen molar-refractivity contribution >= 4 is 0 Å². The van der Waals surface area contributed by atoms with Crippen molar-refractivity contribution in [1.82, 2.24) is 5.32 Å². The van der Waals surface area contributed by atoms with Gasteiger partial charge in [-0.15, -0.1) is 0 Å². The van der Waals surface area contributed by atoms with Crippen LogP contribution in [0.3, 0.4) is 0 Å². The molecule has 0 rings (SSSR count). The van der Waals surface area contributed by atoms with E-state index in [2.05, 4.69) is 19.2 Å². The van der Waals surface area contributed by atoms with Gasteiger partial charge in [-0.05, 0) is 19.5 Å². The molecule has 1 nitrogen and oxygen atoms in total. The molecule has 0 saturated heterocycles. The Hall–Kier alpha value is -0.0400. The van der Waals surface area contributed by atoms with Crippen LogP contribution in [0.2, 0.25) is 0 Å². The molecule has 0 aromatic rings. The maximum Gasteiger partial charge on any atom is -0.00490 e. The minimum Gasteiger partial charge on any atom is -0.317 e. The first kappa shape index (κ1) is 23.0. The van der Waals surface area contributed by atoms with Crippen molar-refractivity contribution in [2.24, 2.45) is 0 Å². The van der Waals surface area contributed by atoms with Gasteiger partial charge in [0.25, 0.3) is 0 Å². The van der Waals surface area contributed by atoms with Gasteiger partial charge in [0.15, 0.2) is 0 Å². The van der Waals surface area contributed by atoms with Gasteiger partial charge in [-0.25, -0.2) is 0 Å². The third-order valence-corrected chi connectivity index (χ3v) is 4.96. The zero-order valence-corrected chi connectivity index (χ0v) is 16.6. The lowest BCUT2D eigenvalue weighted by molar-refractivity contribution is 0.523. The van der Waals surface area contributed by atoms with Gasteiger partial charge < -0.3 is 5.32 Å². The van der Waals surface area contributed by atoms with Gasteiger partial charge in [0.2, 0.25) is 0 Å². The quantitative estimate of drug-likeness (QED) is 0.227. The summed E-state index contributed by atoms with van der Waals surface area (Å²) in [6.07, 6.45) is 26.3. The fraction of sp³-hybridized carbons (Fsp3) is 1.00. The summed E-state index contributed by atoms with van der Waals surface area (Å²) in [5, 5.41) is 3.40. The SMILES string of the molecule is CCCCCCCCCCCCCCCCCCCCNCC. The second-order valence-corrected chi connectivity index (χ2v) is 7.36. The van der Waals surface area contributed by atoms with Crippen LogP contribution in [0.1, 0.15) is 129 Å². The van der Waals surface area contributed by atoms with E-state index < -0.39 is 0 Å². The standard InChI is InChI=1S/C22H47N/c1-3-5-6-7-8-9-10-11-12-13-14-15-16-17-18-19-20-21-22-23-4-2/h23H,3-22H2,1-2H3. The summed E-state index contributed by atoms with van der Waals surface area (Å²) in [6.45, 7) is 6.83. The molecule has 0 amide bonds. The number of nitrogens with one attached hydrogen (secondary N) is 1. The van der Waals surface area contributed by atoms with E-state index in [1.54, 1.807) is 0 Å². The van der Waals surface area contributed by atoms with Crippen molar-refractivity contribution in [2.45, 2.75) is 129 Å². The Morgan fingerprint density at radius 1 is 0.391 bits per heavy atom. The number of unbranched alkanes of at least 4 members (excludes halogenated alkanes) is 17. The average Bonchev–Trinajstić information content (AvgIpc) is 2.57. The largest absolute Gasteiger partial charge is 0.317 e. The zero-order valence-electron chi connectivity index (χ0n) is 16.6. The Balaban J connectivity index is 2.92. The van der Waals surface area contributed by atoms with Gasteiger partial charge >= 0.3 is 0 Å². The summed E-state index contributed by atoms with van der Waals surface area (Å²) in [6, 6.07) is 0. The highest BCUT2D eigenvalue weighted by Gasteiger charge is 1.94. The van der Waals surface area contributed by atoms with Crippen molar-refractivity contribution in [1.29, 1.82) is 0 Å². The van der Waals surface area contributed by atoms with Crippen LogP contribution in [0.25, 0.3) is 0 Å². The minimum atomic E-state index is 1.12. The van der Waals surface area contributed by atoms with Crippen molar-refractivity contribution in [2.75, 3.05) is 13.1 Å². The van der Waals surface area contributed by atoms with E-state index >= 15 is 0 Å². The van der Waals surface area contributed by atoms with Crippen molar-refractivity contribution in [3.63, 3.8) is 0 Å². The second-order valence-electron chi connectivity index (χ2n) is 7.36. The summed E-state index contributed by atoms with van der Waals surface area (Å²) in [7, 11) is 0. The Labute approximate surface area is 148 Å². The lowest BCUT2D eigenvalue weighted by atomic mass is 10.0. The Morgan fingerprint density at radius 2 is 0.696 bits per heavy atom. The number of rotatable bonds is 20. The number of hydrogen-bond acceptors (Lipinski definition) is 1. The molecule has 23 heavy (non-hydrogen) atoms. The first-order chi connectivity index (χ1) is 11.4. The molecule has 0 heterocycles. The van der Waals surface area contributed by atoms with Crippen LogP contribution in [-0.4, -0.2) is 13.1 Å². The minimum absolute atomic E-state index is 1.12. The van der Waals surface area contributed by atoms with Crippen LogP contribution in [-0.2, 0) is 0 Å². The maximum absolute atomic E-state index is 3.40. The predicted octanol–water partition coefficient (Wildman–Crippen LogP) is 7.64. The lowest BCUT2D eigenvalue weighted by Crippen LogP contribution is -2.13. The highest BCUT2D eigenvalue weighted by atomic mass is 14.8. The van der Waals surface area contributed by atoms with Crippen LogP contribution in [0.4, 0.5) is 0 Å². The van der Waals surface area contributed by atoms with E-state index in [1.807, 2.05) is 0 Å². The van der Waals surface area contributed by atoms with Crippen LogP contribution in [0.5, 0.6) is 0 Å². The van der Waals surface area contributed by atoms with E-state index in [1.165, 1.54) is 122 Å². The fourth-order valence-corrected chi connectivity index (χ4v) is 3.33. The summed E-state index contributed by atoms with van der Waals surface area (Å²) >= 11 is 0. The Bertz CT molecular complexity index is 170. The molecular formula is C22H47N. The van der Waals surface area contributed by atoms with Gasteiger partial charge in [0.1, 0.15) is 0 Å². The maximum atomic E-state index is 3.40. The number of hydrogen-bond donors (Lipinski definition) is 1. The van der Waals surface area contributed by atoms with Gasteiger partial charge in [0.05, 0.1) is 0 Å². The van der Waals surface area contributed by atoms with E-state index in [-0.39, 0.29) is 0 Å². The first-order valence-corrected chi connectivity index (χ1v) is 11.1. The second kappa shape index (κ2) is 22.0. The van der Waals surface area contributed by atoms with Crippen LogP contribution in [0, 0.1) is 0 Å². The van der Waals surface area contributed by atoms with E-state index in [4.69, 9.17) is 0 Å².